The van der Waals surface area contributed by atoms with Crippen molar-refractivity contribution in [1.82, 2.24) is 0 Å². The number of hydrogen-bond acceptors (Lipinski definition) is 2. The standard InChI is InChI=1S/C9H9Br2NO2/c1-5(13)12-8-3-6(10)7(11)4-9(8)14-2/h3-4H,1-2H3,(H,12,13). The first-order chi connectivity index (χ1) is 6.54. The SMILES string of the molecule is COc1cc(Br)c(Br)cc1NC(C)=O. The van der Waals surface area contributed by atoms with Crippen LogP contribution in [0.1, 0.15) is 6.92 Å². The zero-order valence-corrected chi connectivity index (χ0v) is 10.9. The molecule has 0 aliphatic rings. The van der Waals surface area contributed by atoms with Gasteiger partial charge in [0, 0.05) is 15.9 Å². The number of carbonyl (C=O) groups is 1. The minimum absolute atomic E-state index is 0.127. The second-order valence-electron chi connectivity index (χ2n) is 2.65. The van der Waals surface area contributed by atoms with Crippen LogP contribution in [-0.4, -0.2) is 13.0 Å². The van der Waals surface area contributed by atoms with E-state index in [4.69, 9.17) is 4.74 Å². The monoisotopic (exact) mass is 321 g/mol. The number of hydrogen-bond donors (Lipinski definition) is 1. The molecule has 0 aliphatic heterocycles. The topological polar surface area (TPSA) is 38.3 Å². The smallest absolute Gasteiger partial charge is 0.221 e. The number of halogens is 2. The fraction of sp³-hybridized carbons (Fsp3) is 0.222. The van der Waals surface area contributed by atoms with E-state index in [1.54, 1.807) is 19.2 Å². The van der Waals surface area contributed by atoms with Gasteiger partial charge in [-0.1, -0.05) is 0 Å². The fourth-order valence-electron chi connectivity index (χ4n) is 0.985. The van der Waals surface area contributed by atoms with Crippen LogP contribution in [0.3, 0.4) is 0 Å². The molecule has 1 aromatic rings. The second kappa shape index (κ2) is 4.79. The van der Waals surface area contributed by atoms with Crippen LogP contribution in [-0.2, 0) is 4.79 Å². The number of rotatable bonds is 2. The minimum Gasteiger partial charge on any atom is -0.495 e. The number of anilines is 1. The Morgan fingerprint density at radius 2 is 1.93 bits per heavy atom. The molecule has 0 bridgehead atoms. The Bertz CT molecular complexity index is 366. The highest BCUT2D eigenvalue weighted by Crippen LogP contribution is 2.34. The van der Waals surface area contributed by atoms with E-state index in [-0.39, 0.29) is 5.91 Å². The maximum atomic E-state index is 10.9. The molecule has 1 rings (SSSR count). The number of ether oxygens (including phenoxy) is 1. The Labute approximate surface area is 99.1 Å². The molecule has 1 aromatic carbocycles. The first-order valence-electron chi connectivity index (χ1n) is 3.85. The summed E-state index contributed by atoms with van der Waals surface area (Å²) in [5.41, 5.74) is 0.648. The highest BCUT2D eigenvalue weighted by Gasteiger charge is 2.08. The van der Waals surface area contributed by atoms with Crippen LogP contribution in [0.15, 0.2) is 21.1 Å². The Balaban J connectivity index is 3.13. The van der Waals surface area contributed by atoms with Gasteiger partial charge in [-0.3, -0.25) is 4.79 Å². The largest absolute Gasteiger partial charge is 0.495 e. The van der Waals surface area contributed by atoms with Crippen molar-refractivity contribution in [1.29, 1.82) is 0 Å². The second-order valence-corrected chi connectivity index (χ2v) is 4.36. The van der Waals surface area contributed by atoms with Crippen molar-refractivity contribution in [2.45, 2.75) is 6.92 Å². The molecule has 0 saturated heterocycles. The lowest BCUT2D eigenvalue weighted by Crippen LogP contribution is -2.07. The van der Waals surface area contributed by atoms with Crippen molar-refractivity contribution in [3.05, 3.63) is 21.1 Å². The summed E-state index contributed by atoms with van der Waals surface area (Å²) in [6, 6.07) is 3.57. The lowest BCUT2D eigenvalue weighted by Gasteiger charge is -2.10. The van der Waals surface area contributed by atoms with Gasteiger partial charge in [-0.05, 0) is 44.0 Å². The third-order valence-electron chi connectivity index (χ3n) is 1.55. The number of amides is 1. The average Bonchev–Trinajstić information content (AvgIpc) is 2.10. The van der Waals surface area contributed by atoms with E-state index >= 15 is 0 Å². The van der Waals surface area contributed by atoms with Crippen LogP contribution in [0.2, 0.25) is 0 Å². The zero-order chi connectivity index (χ0) is 10.7. The number of nitrogens with one attached hydrogen (secondary N) is 1. The lowest BCUT2D eigenvalue weighted by atomic mass is 10.3. The summed E-state index contributed by atoms with van der Waals surface area (Å²) in [4.78, 5) is 10.9. The molecule has 0 atom stereocenters. The molecule has 0 radical (unpaired) electrons. The molecule has 1 amide bonds. The molecule has 5 heteroatoms. The first-order valence-corrected chi connectivity index (χ1v) is 5.44. The third kappa shape index (κ3) is 2.72. The maximum absolute atomic E-state index is 10.9. The Morgan fingerprint density at radius 1 is 1.36 bits per heavy atom. The molecule has 0 saturated carbocycles. The molecule has 3 nitrogen and oxygen atoms in total. The minimum atomic E-state index is -0.127. The number of benzene rings is 1. The molecule has 0 heterocycles. The fourth-order valence-corrected chi connectivity index (χ4v) is 1.65. The lowest BCUT2D eigenvalue weighted by molar-refractivity contribution is -0.114. The molecule has 0 fully saturated rings. The Morgan fingerprint density at radius 3 is 2.43 bits per heavy atom. The number of carbonyl (C=O) groups excluding carboxylic acids is 1. The van der Waals surface area contributed by atoms with Crippen molar-refractivity contribution in [2.24, 2.45) is 0 Å². The normalized spacial score (nSPS) is 9.71. The van der Waals surface area contributed by atoms with Crippen molar-refractivity contribution < 1.29 is 9.53 Å². The zero-order valence-electron chi connectivity index (χ0n) is 7.73. The van der Waals surface area contributed by atoms with E-state index < -0.39 is 0 Å². The van der Waals surface area contributed by atoms with Gasteiger partial charge in [-0.25, -0.2) is 0 Å². The molecule has 0 aromatic heterocycles. The van der Waals surface area contributed by atoms with Crippen LogP contribution in [0.5, 0.6) is 5.75 Å². The quantitative estimate of drug-likeness (QED) is 0.908. The van der Waals surface area contributed by atoms with Crippen molar-refractivity contribution in [3.63, 3.8) is 0 Å². The first kappa shape index (κ1) is 11.5. The van der Waals surface area contributed by atoms with Gasteiger partial charge < -0.3 is 10.1 Å². The molecule has 1 N–H and O–H groups in total. The van der Waals surface area contributed by atoms with Gasteiger partial charge >= 0.3 is 0 Å². The van der Waals surface area contributed by atoms with E-state index in [9.17, 15) is 4.79 Å². The Hall–Kier alpha value is -0.550. The molecular formula is C9H9Br2NO2. The van der Waals surface area contributed by atoms with Crippen molar-refractivity contribution >= 4 is 43.5 Å². The van der Waals surface area contributed by atoms with Gasteiger partial charge in [0.2, 0.25) is 5.91 Å². The van der Waals surface area contributed by atoms with Gasteiger partial charge in [0.25, 0.3) is 0 Å². The van der Waals surface area contributed by atoms with Gasteiger partial charge in [0.05, 0.1) is 12.8 Å². The molecule has 76 valence electrons. The summed E-state index contributed by atoms with van der Waals surface area (Å²) in [6.45, 7) is 1.45. The predicted molar refractivity (Wildman–Crippen MR) is 62.7 cm³/mol. The van der Waals surface area contributed by atoms with Crippen molar-refractivity contribution in [3.8, 4) is 5.75 Å². The average molecular weight is 323 g/mol. The van der Waals surface area contributed by atoms with Crippen LogP contribution in [0.25, 0.3) is 0 Å². The van der Waals surface area contributed by atoms with Gasteiger partial charge in [0.1, 0.15) is 5.75 Å². The molecule has 0 spiro atoms. The third-order valence-corrected chi connectivity index (χ3v) is 3.40. The van der Waals surface area contributed by atoms with E-state index in [1.807, 2.05) is 0 Å². The van der Waals surface area contributed by atoms with E-state index in [0.29, 0.717) is 11.4 Å². The summed E-state index contributed by atoms with van der Waals surface area (Å²) in [7, 11) is 1.56. The molecular weight excluding hydrogens is 314 g/mol. The summed E-state index contributed by atoms with van der Waals surface area (Å²) in [5.74, 6) is 0.493. The van der Waals surface area contributed by atoms with Crippen LogP contribution in [0.4, 0.5) is 5.69 Å². The summed E-state index contributed by atoms with van der Waals surface area (Å²) in [6.07, 6.45) is 0. The van der Waals surface area contributed by atoms with Crippen LogP contribution in [0, 0.1) is 0 Å². The Kier molecular flexibility index (Phi) is 3.95. The van der Waals surface area contributed by atoms with E-state index in [0.717, 1.165) is 8.95 Å². The van der Waals surface area contributed by atoms with Crippen LogP contribution >= 0.6 is 31.9 Å². The highest BCUT2D eigenvalue weighted by atomic mass is 79.9. The summed E-state index contributed by atoms with van der Waals surface area (Å²) >= 11 is 6.69. The maximum Gasteiger partial charge on any atom is 0.221 e. The van der Waals surface area contributed by atoms with Gasteiger partial charge in [-0.15, -0.1) is 0 Å². The molecule has 14 heavy (non-hydrogen) atoms. The van der Waals surface area contributed by atoms with E-state index in [2.05, 4.69) is 37.2 Å². The van der Waals surface area contributed by atoms with Gasteiger partial charge in [0.15, 0.2) is 0 Å². The van der Waals surface area contributed by atoms with Gasteiger partial charge in [-0.2, -0.15) is 0 Å². The predicted octanol–water partition coefficient (Wildman–Crippen LogP) is 3.18. The van der Waals surface area contributed by atoms with E-state index in [1.165, 1.54) is 6.92 Å². The molecule has 0 unspecified atom stereocenters. The summed E-state index contributed by atoms with van der Waals surface area (Å²) in [5, 5.41) is 2.68. The summed E-state index contributed by atoms with van der Waals surface area (Å²) < 4.78 is 6.86. The molecule has 0 aliphatic carbocycles. The highest BCUT2D eigenvalue weighted by molar-refractivity contribution is 9.13. The van der Waals surface area contributed by atoms with Crippen molar-refractivity contribution in [2.75, 3.05) is 12.4 Å². The van der Waals surface area contributed by atoms with Crippen LogP contribution < -0.4 is 10.1 Å². The number of methoxy groups -OCH3 is 1.